The Kier molecular flexibility index (Phi) is 3.89. The lowest BCUT2D eigenvalue weighted by Gasteiger charge is -2.03. The molecule has 0 bridgehead atoms. The van der Waals surface area contributed by atoms with E-state index in [9.17, 15) is 9.18 Å². The monoisotopic (exact) mass is 245 g/mol. The molecule has 18 heavy (non-hydrogen) atoms. The van der Waals surface area contributed by atoms with Gasteiger partial charge in [0.25, 0.3) is 0 Å². The van der Waals surface area contributed by atoms with E-state index in [1.165, 1.54) is 18.2 Å². The summed E-state index contributed by atoms with van der Waals surface area (Å²) in [6, 6.07) is 5.95. The number of carbonyl (C=O) groups excluding carboxylic acids is 1. The van der Waals surface area contributed by atoms with Crippen molar-refractivity contribution in [3.63, 3.8) is 0 Å². The minimum absolute atomic E-state index is 0.101. The maximum atomic E-state index is 13.1. The van der Waals surface area contributed by atoms with E-state index in [0.717, 1.165) is 0 Å². The second kappa shape index (κ2) is 5.60. The standard InChI is InChI=1S/C12H9BFNO3/c13-11-2-1-8(3-12(11)14)6-17-7-10-4-9(5-16)15-18-10/h1-5H,6-7H2. The van der Waals surface area contributed by atoms with E-state index in [0.29, 0.717) is 17.6 Å². The van der Waals surface area contributed by atoms with Crippen LogP contribution in [0.5, 0.6) is 0 Å². The first-order valence-electron chi connectivity index (χ1n) is 5.21. The molecule has 6 heteroatoms. The van der Waals surface area contributed by atoms with Crippen molar-refractivity contribution in [1.82, 2.24) is 5.16 Å². The molecular formula is C12H9BFNO3. The Labute approximate surface area is 104 Å². The van der Waals surface area contributed by atoms with E-state index in [1.807, 2.05) is 0 Å². The molecule has 1 aromatic heterocycles. The van der Waals surface area contributed by atoms with Crippen molar-refractivity contribution >= 4 is 19.6 Å². The average molecular weight is 245 g/mol. The van der Waals surface area contributed by atoms with Gasteiger partial charge in [0.2, 0.25) is 0 Å². The van der Waals surface area contributed by atoms with Crippen molar-refractivity contribution in [2.45, 2.75) is 13.2 Å². The lowest BCUT2D eigenvalue weighted by Crippen LogP contribution is -2.08. The summed E-state index contributed by atoms with van der Waals surface area (Å²) in [4.78, 5) is 10.4. The van der Waals surface area contributed by atoms with Crippen LogP contribution in [0.2, 0.25) is 0 Å². The molecule has 2 rings (SSSR count). The number of aromatic nitrogens is 1. The molecule has 0 saturated heterocycles. The third kappa shape index (κ3) is 3.04. The predicted octanol–water partition coefficient (Wildman–Crippen LogP) is 1.14. The first kappa shape index (κ1) is 12.5. The summed E-state index contributed by atoms with van der Waals surface area (Å²) in [5.74, 6) is -0.0352. The van der Waals surface area contributed by atoms with Gasteiger partial charge in [-0.15, -0.1) is 0 Å². The molecule has 0 unspecified atom stereocenters. The van der Waals surface area contributed by atoms with Crippen LogP contribution >= 0.6 is 0 Å². The highest BCUT2D eigenvalue weighted by molar-refractivity contribution is 6.32. The number of hydrogen-bond acceptors (Lipinski definition) is 4. The molecule has 0 amide bonds. The highest BCUT2D eigenvalue weighted by Gasteiger charge is 2.04. The Balaban J connectivity index is 1.88. The van der Waals surface area contributed by atoms with Gasteiger partial charge in [-0.3, -0.25) is 4.79 Å². The molecule has 2 radical (unpaired) electrons. The lowest BCUT2D eigenvalue weighted by atomic mass is 9.94. The maximum Gasteiger partial charge on any atom is 0.171 e. The van der Waals surface area contributed by atoms with Gasteiger partial charge in [0.15, 0.2) is 12.0 Å². The number of ether oxygens (including phenoxy) is 1. The topological polar surface area (TPSA) is 52.3 Å². The third-order valence-corrected chi connectivity index (χ3v) is 2.28. The van der Waals surface area contributed by atoms with Crippen LogP contribution < -0.4 is 5.46 Å². The molecule has 0 saturated carbocycles. The molecule has 1 heterocycles. The van der Waals surface area contributed by atoms with E-state index in [4.69, 9.17) is 17.1 Å². The molecule has 0 atom stereocenters. The maximum absolute atomic E-state index is 13.1. The van der Waals surface area contributed by atoms with E-state index in [-0.39, 0.29) is 24.4 Å². The summed E-state index contributed by atoms with van der Waals surface area (Å²) in [6.07, 6.45) is 0.586. The van der Waals surface area contributed by atoms with Crippen LogP contribution in [0.25, 0.3) is 0 Å². The summed E-state index contributed by atoms with van der Waals surface area (Å²) in [6.45, 7) is 0.376. The van der Waals surface area contributed by atoms with Crippen molar-refractivity contribution in [3.05, 3.63) is 47.1 Å². The van der Waals surface area contributed by atoms with Gasteiger partial charge in [0, 0.05) is 6.07 Å². The fourth-order valence-electron chi connectivity index (χ4n) is 1.38. The number of aldehydes is 1. The Morgan fingerprint density at radius 2 is 2.22 bits per heavy atom. The third-order valence-electron chi connectivity index (χ3n) is 2.28. The van der Waals surface area contributed by atoms with Crippen LogP contribution in [0.3, 0.4) is 0 Å². The smallest absolute Gasteiger partial charge is 0.171 e. The SMILES string of the molecule is [B]c1ccc(COCc2cc(C=O)no2)cc1F. The Hall–Kier alpha value is -1.95. The molecular weight excluding hydrogens is 236 g/mol. The number of carbonyl (C=O) groups is 1. The quantitative estimate of drug-likeness (QED) is 0.585. The molecule has 1 aromatic carbocycles. The Morgan fingerprint density at radius 1 is 1.39 bits per heavy atom. The van der Waals surface area contributed by atoms with E-state index in [2.05, 4.69) is 5.16 Å². The van der Waals surface area contributed by atoms with Gasteiger partial charge in [0.1, 0.15) is 26.0 Å². The largest absolute Gasteiger partial charge is 0.369 e. The van der Waals surface area contributed by atoms with Crippen LogP contribution in [-0.4, -0.2) is 19.3 Å². The highest BCUT2D eigenvalue weighted by atomic mass is 19.1. The van der Waals surface area contributed by atoms with Crippen molar-refractivity contribution in [2.75, 3.05) is 0 Å². The van der Waals surface area contributed by atoms with Crippen LogP contribution in [0, 0.1) is 5.82 Å². The lowest BCUT2D eigenvalue weighted by molar-refractivity contribution is 0.0881. The predicted molar refractivity (Wildman–Crippen MR) is 62.2 cm³/mol. The zero-order valence-electron chi connectivity index (χ0n) is 9.43. The Morgan fingerprint density at radius 3 is 2.89 bits per heavy atom. The summed E-state index contributed by atoms with van der Waals surface area (Å²) in [5, 5.41) is 3.49. The Bertz CT molecular complexity index is 556. The molecule has 0 aliphatic rings. The van der Waals surface area contributed by atoms with Crippen molar-refractivity contribution in [3.8, 4) is 0 Å². The van der Waals surface area contributed by atoms with E-state index >= 15 is 0 Å². The van der Waals surface area contributed by atoms with Gasteiger partial charge in [-0.2, -0.15) is 0 Å². The fourth-order valence-corrected chi connectivity index (χ4v) is 1.38. The summed E-state index contributed by atoms with van der Waals surface area (Å²) in [5.41, 5.74) is 0.980. The van der Waals surface area contributed by atoms with E-state index in [1.54, 1.807) is 6.07 Å². The van der Waals surface area contributed by atoms with Gasteiger partial charge >= 0.3 is 0 Å². The zero-order valence-corrected chi connectivity index (χ0v) is 9.43. The number of halogens is 1. The summed E-state index contributed by atoms with van der Waals surface area (Å²) >= 11 is 0. The number of hydrogen-bond donors (Lipinski definition) is 0. The normalized spacial score (nSPS) is 10.5. The molecule has 0 aliphatic carbocycles. The second-order valence-corrected chi connectivity index (χ2v) is 3.68. The molecule has 0 aliphatic heterocycles. The molecule has 0 spiro atoms. The average Bonchev–Trinajstić information content (AvgIpc) is 2.82. The number of nitrogens with zero attached hydrogens (tertiary/aromatic N) is 1. The van der Waals surface area contributed by atoms with Crippen LogP contribution in [0.1, 0.15) is 21.8 Å². The number of rotatable bonds is 5. The minimum atomic E-state index is -0.473. The van der Waals surface area contributed by atoms with Gasteiger partial charge in [-0.05, 0) is 11.6 Å². The van der Waals surface area contributed by atoms with Gasteiger partial charge in [0.05, 0.1) is 6.61 Å². The second-order valence-electron chi connectivity index (χ2n) is 3.68. The first-order chi connectivity index (χ1) is 8.69. The van der Waals surface area contributed by atoms with Crippen LogP contribution in [0.4, 0.5) is 4.39 Å². The summed E-state index contributed by atoms with van der Waals surface area (Å²) in [7, 11) is 5.35. The van der Waals surface area contributed by atoms with Gasteiger partial charge in [-0.25, -0.2) is 4.39 Å². The fraction of sp³-hybridized carbons (Fsp3) is 0.167. The van der Waals surface area contributed by atoms with Crippen molar-refractivity contribution in [2.24, 2.45) is 0 Å². The first-order valence-corrected chi connectivity index (χ1v) is 5.21. The zero-order chi connectivity index (χ0) is 13.0. The van der Waals surface area contributed by atoms with Gasteiger partial charge < -0.3 is 9.26 Å². The highest BCUT2D eigenvalue weighted by Crippen LogP contribution is 2.07. The molecule has 4 nitrogen and oxygen atoms in total. The molecule has 90 valence electrons. The summed E-state index contributed by atoms with van der Waals surface area (Å²) < 4.78 is 23.3. The van der Waals surface area contributed by atoms with Crippen LogP contribution in [0.15, 0.2) is 28.8 Å². The minimum Gasteiger partial charge on any atom is -0.369 e. The molecule has 0 fully saturated rings. The van der Waals surface area contributed by atoms with Crippen molar-refractivity contribution in [1.29, 1.82) is 0 Å². The molecule has 2 aromatic rings. The van der Waals surface area contributed by atoms with Crippen LogP contribution in [-0.2, 0) is 18.0 Å². The molecule has 0 N–H and O–H groups in total. The van der Waals surface area contributed by atoms with E-state index < -0.39 is 5.82 Å². The van der Waals surface area contributed by atoms with Gasteiger partial charge in [-0.1, -0.05) is 22.8 Å². The van der Waals surface area contributed by atoms with Crippen molar-refractivity contribution < 1.29 is 18.4 Å². The number of benzene rings is 1.